The van der Waals surface area contributed by atoms with Gasteiger partial charge >= 0.3 is 5.97 Å². The van der Waals surface area contributed by atoms with Crippen molar-refractivity contribution in [2.45, 2.75) is 52.7 Å². The highest BCUT2D eigenvalue weighted by Gasteiger charge is 2.24. The van der Waals surface area contributed by atoms with Gasteiger partial charge in [0.1, 0.15) is 6.04 Å². The molecule has 4 nitrogen and oxygen atoms in total. The molecular formula is C11H23NO3. The standard InChI is InChI=1S/C11H23NO3/c1-5-6-8(10(14)15)12-7-9(13)11(2,3)4/h8-9,12-13H,5-7H2,1-4H3,(H,14,15). The average molecular weight is 217 g/mol. The number of carbonyl (C=O) groups is 1. The van der Waals surface area contributed by atoms with Gasteiger partial charge in [-0.3, -0.25) is 4.79 Å². The Morgan fingerprint density at radius 1 is 1.40 bits per heavy atom. The molecular weight excluding hydrogens is 194 g/mol. The third kappa shape index (κ3) is 5.74. The predicted molar refractivity (Wildman–Crippen MR) is 59.8 cm³/mol. The summed E-state index contributed by atoms with van der Waals surface area (Å²) in [5.74, 6) is -0.849. The first-order valence-corrected chi connectivity index (χ1v) is 5.43. The number of hydrogen-bond donors (Lipinski definition) is 3. The van der Waals surface area contributed by atoms with Gasteiger partial charge in [-0.25, -0.2) is 0 Å². The Kier molecular flexibility index (Phi) is 5.83. The lowest BCUT2D eigenvalue weighted by Gasteiger charge is -2.27. The van der Waals surface area contributed by atoms with E-state index in [0.29, 0.717) is 13.0 Å². The van der Waals surface area contributed by atoms with Crippen molar-refractivity contribution in [3.05, 3.63) is 0 Å². The molecule has 15 heavy (non-hydrogen) atoms. The maximum atomic E-state index is 10.8. The highest BCUT2D eigenvalue weighted by Crippen LogP contribution is 2.18. The number of aliphatic hydroxyl groups is 1. The molecule has 0 aromatic heterocycles. The number of rotatable bonds is 6. The second-order valence-corrected chi connectivity index (χ2v) is 4.97. The molecule has 3 N–H and O–H groups in total. The summed E-state index contributed by atoms with van der Waals surface area (Å²) < 4.78 is 0. The van der Waals surface area contributed by atoms with E-state index in [0.717, 1.165) is 6.42 Å². The molecule has 0 aromatic rings. The first-order chi connectivity index (χ1) is 6.79. The third-order valence-electron chi connectivity index (χ3n) is 2.43. The quantitative estimate of drug-likeness (QED) is 0.626. The minimum Gasteiger partial charge on any atom is -0.480 e. The summed E-state index contributed by atoms with van der Waals surface area (Å²) in [6.07, 6.45) is 0.873. The van der Waals surface area contributed by atoms with Gasteiger partial charge < -0.3 is 15.5 Å². The summed E-state index contributed by atoms with van der Waals surface area (Å²) >= 11 is 0. The number of nitrogens with one attached hydrogen (secondary N) is 1. The number of carboxylic acids is 1. The van der Waals surface area contributed by atoms with E-state index in [-0.39, 0.29) is 5.41 Å². The minimum absolute atomic E-state index is 0.220. The molecule has 2 atom stereocenters. The van der Waals surface area contributed by atoms with Gasteiger partial charge in [0.05, 0.1) is 6.10 Å². The molecule has 0 spiro atoms. The van der Waals surface area contributed by atoms with Gasteiger partial charge in [0.15, 0.2) is 0 Å². The van der Waals surface area contributed by atoms with Crippen LogP contribution in [0.5, 0.6) is 0 Å². The molecule has 0 saturated heterocycles. The number of aliphatic carboxylic acids is 1. The van der Waals surface area contributed by atoms with Gasteiger partial charge in [-0.15, -0.1) is 0 Å². The molecule has 0 aliphatic rings. The summed E-state index contributed by atoms with van der Waals surface area (Å²) in [6.45, 7) is 8.04. The van der Waals surface area contributed by atoms with Crippen LogP contribution in [0.4, 0.5) is 0 Å². The van der Waals surface area contributed by atoms with Crippen molar-refractivity contribution in [1.82, 2.24) is 5.32 Å². The van der Waals surface area contributed by atoms with E-state index < -0.39 is 18.1 Å². The number of hydrogen-bond acceptors (Lipinski definition) is 3. The maximum Gasteiger partial charge on any atom is 0.320 e. The zero-order valence-electron chi connectivity index (χ0n) is 10.1. The van der Waals surface area contributed by atoms with E-state index in [1.165, 1.54) is 0 Å². The van der Waals surface area contributed by atoms with Crippen molar-refractivity contribution in [3.63, 3.8) is 0 Å². The Bertz CT molecular complexity index is 198. The molecule has 0 bridgehead atoms. The number of carboxylic acid groups (broad SMARTS) is 1. The van der Waals surface area contributed by atoms with E-state index in [2.05, 4.69) is 5.32 Å². The molecule has 0 fully saturated rings. The van der Waals surface area contributed by atoms with Crippen LogP contribution in [0.1, 0.15) is 40.5 Å². The van der Waals surface area contributed by atoms with Crippen LogP contribution >= 0.6 is 0 Å². The van der Waals surface area contributed by atoms with Gasteiger partial charge in [0, 0.05) is 6.54 Å². The lowest BCUT2D eigenvalue weighted by Crippen LogP contribution is -2.44. The summed E-state index contributed by atoms with van der Waals surface area (Å²) in [5.41, 5.74) is -0.220. The van der Waals surface area contributed by atoms with Crippen LogP contribution in [0, 0.1) is 5.41 Å². The van der Waals surface area contributed by atoms with Crippen LogP contribution in [-0.2, 0) is 4.79 Å². The topological polar surface area (TPSA) is 69.6 Å². The highest BCUT2D eigenvalue weighted by atomic mass is 16.4. The lowest BCUT2D eigenvalue weighted by molar-refractivity contribution is -0.139. The van der Waals surface area contributed by atoms with Gasteiger partial charge in [0.25, 0.3) is 0 Å². The fraction of sp³-hybridized carbons (Fsp3) is 0.909. The highest BCUT2D eigenvalue weighted by molar-refractivity contribution is 5.73. The van der Waals surface area contributed by atoms with E-state index in [9.17, 15) is 9.90 Å². The first kappa shape index (κ1) is 14.4. The SMILES string of the molecule is CCCC(NCC(O)C(C)(C)C)C(=O)O. The Balaban J connectivity index is 4.05. The van der Waals surface area contributed by atoms with Crippen molar-refractivity contribution in [3.8, 4) is 0 Å². The van der Waals surface area contributed by atoms with Gasteiger partial charge in [-0.2, -0.15) is 0 Å². The average Bonchev–Trinajstić information content (AvgIpc) is 2.09. The summed E-state index contributed by atoms with van der Waals surface area (Å²) in [4.78, 5) is 10.8. The van der Waals surface area contributed by atoms with E-state index >= 15 is 0 Å². The summed E-state index contributed by atoms with van der Waals surface area (Å²) in [5, 5.41) is 21.5. The van der Waals surface area contributed by atoms with Crippen molar-refractivity contribution >= 4 is 5.97 Å². The van der Waals surface area contributed by atoms with Gasteiger partial charge in [-0.1, -0.05) is 34.1 Å². The Morgan fingerprint density at radius 2 is 1.93 bits per heavy atom. The second-order valence-electron chi connectivity index (χ2n) is 4.97. The van der Waals surface area contributed by atoms with Crippen LogP contribution in [0.15, 0.2) is 0 Å². The van der Waals surface area contributed by atoms with Gasteiger partial charge in [-0.05, 0) is 11.8 Å². The molecule has 0 aliphatic carbocycles. The summed E-state index contributed by atoms with van der Waals surface area (Å²) in [6, 6.07) is -0.549. The van der Waals surface area contributed by atoms with E-state index in [1.54, 1.807) is 0 Å². The molecule has 2 unspecified atom stereocenters. The van der Waals surface area contributed by atoms with Crippen molar-refractivity contribution < 1.29 is 15.0 Å². The lowest BCUT2D eigenvalue weighted by atomic mass is 9.89. The zero-order chi connectivity index (χ0) is 12.1. The summed E-state index contributed by atoms with van der Waals surface area (Å²) in [7, 11) is 0. The van der Waals surface area contributed by atoms with Crippen LogP contribution < -0.4 is 5.32 Å². The first-order valence-electron chi connectivity index (χ1n) is 5.43. The molecule has 4 heteroatoms. The molecule has 0 rings (SSSR count). The molecule has 0 saturated carbocycles. The molecule has 0 heterocycles. The van der Waals surface area contributed by atoms with E-state index in [4.69, 9.17) is 5.11 Å². The molecule has 0 aliphatic heterocycles. The molecule has 90 valence electrons. The molecule has 0 amide bonds. The largest absolute Gasteiger partial charge is 0.480 e. The van der Waals surface area contributed by atoms with Crippen LogP contribution in [-0.4, -0.2) is 34.9 Å². The second kappa shape index (κ2) is 6.08. The predicted octanol–water partition coefficient (Wildman–Crippen LogP) is 1.24. The Morgan fingerprint density at radius 3 is 2.27 bits per heavy atom. The zero-order valence-corrected chi connectivity index (χ0v) is 10.1. The van der Waals surface area contributed by atoms with Crippen LogP contribution in [0.3, 0.4) is 0 Å². The van der Waals surface area contributed by atoms with E-state index in [1.807, 2.05) is 27.7 Å². The van der Waals surface area contributed by atoms with Gasteiger partial charge in [0.2, 0.25) is 0 Å². The Labute approximate surface area is 91.7 Å². The fourth-order valence-electron chi connectivity index (χ4n) is 1.16. The maximum absolute atomic E-state index is 10.8. The van der Waals surface area contributed by atoms with Crippen LogP contribution in [0.25, 0.3) is 0 Å². The van der Waals surface area contributed by atoms with Crippen molar-refractivity contribution in [1.29, 1.82) is 0 Å². The minimum atomic E-state index is -0.849. The van der Waals surface area contributed by atoms with Crippen molar-refractivity contribution in [2.75, 3.05) is 6.54 Å². The van der Waals surface area contributed by atoms with Crippen molar-refractivity contribution in [2.24, 2.45) is 5.41 Å². The fourth-order valence-corrected chi connectivity index (χ4v) is 1.16. The normalized spacial score (nSPS) is 16.1. The third-order valence-corrected chi connectivity index (χ3v) is 2.43. The monoisotopic (exact) mass is 217 g/mol. The van der Waals surface area contributed by atoms with Crippen LogP contribution in [0.2, 0.25) is 0 Å². The smallest absolute Gasteiger partial charge is 0.320 e. The molecule has 0 aromatic carbocycles. The molecule has 0 radical (unpaired) electrons. The number of aliphatic hydroxyl groups excluding tert-OH is 1. The Hall–Kier alpha value is -0.610.